The number of para-hydroxylation sites is 1. The number of halogens is 1. The molecule has 2 aromatic carbocycles. The van der Waals surface area contributed by atoms with Crippen molar-refractivity contribution < 1.29 is 33.0 Å². The van der Waals surface area contributed by atoms with Gasteiger partial charge in [-0.2, -0.15) is 4.90 Å². The average Bonchev–Trinajstić information content (AvgIpc) is 2.93. The fourth-order valence-corrected chi connectivity index (χ4v) is 3.38. The maximum atomic E-state index is 13.9. The van der Waals surface area contributed by atoms with Crippen molar-refractivity contribution in [3.8, 4) is 11.5 Å². The number of rotatable bonds is 2. The molecule has 2 aliphatic rings. The van der Waals surface area contributed by atoms with E-state index in [2.05, 4.69) is 5.32 Å². The van der Waals surface area contributed by atoms with Crippen LogP contribution in [0.1, 0.15) is 12.0 Å². The summed E-state index contributed by atoms with van der Waals surface area (Å²) in [5, 5.41) is 2.39. The van der Waals surface area contributed by atoms with Gasteiger partial charge in [-0.25, -0.2) is 14.0 Å². The van der Waals surface area contributed by atoms with Crippen LogP contribution in [0.25, 0.3) is 0 Å². The standard InChI is InChI=1S/C19H14FN3O6/c20-10-6-7-13-12(8-10)19(9-14(29-13)15(21)24)16(25)23(17(26)22-19)18(27)28-11-4-2-1-3-5-11/h1-8,14H,9H2,(H2,21,24)(H,22,26)/t14-,19?/m1/s1. The number of hydrogen-bond acceptors (Lipinski definition) is 6. The monoisotopic (exact) mass is 399 g/mol. The normalized spacial score (nSPS) is 22.7. The summed E-state index contributed by atoms with van der Waals surface area (Å²) in [5.41, 5.74) is 3.39. The highest BCUT2D eigenvalue weighted by Crippen LogP contribution is 2.43. The van der Waals surface area contributed by atoms with Crippen molar-refractivity contribution in [1.29, 1.82) is 0 Å². The largest absolute Gasteiger partial charge is 0.480 e. The first-order valence-electron chi connectivity index (χ1n) is 8.51. The van der Waals surface area contributed by atoms with Crippen LogP contribution in [0.2, 0.25) is 0 Å². The van der Waals surface area contributed by atoms with Crippen LogP contribution in [0.5, 0.6) is 11.5 Å². The minimum Gasteiger partial charge on any atom is -0.480 e. The van der Waals surface area contributed by atoms with Crippen molar-refractivity contribution in [2.45, 2.75) is 18.1 Å². The fourth-order valence-electron chi connectivity index (χ4n) is 3.38. The highest BCUT2D eigenvalue weighted by molar-refractivity contribution is 6.17. The molecule has 9 nitrogen and oxygen atoms in total. The van der Waals surface area contributed by atoms with Gasteiger partial charge in [0.2, 0.25) is 0 Å². The molecule has 0 aliphatic carbocycles. The van der Waals surface area contributed by atoms with E-state index >= 15 is 0 Å². The van der Waals surface area contributed by atoms with Gasteiger partial charge in [0.05, 0.1) is 0 Å². The number of urea groups is 1. The molecule has 1 unspecified atom stereocenters. The molecular formula is C19H14FN3O6. The van der Waals surface area contributed by atoms with Crippen LogP contribution in [0.4, 0.5) is 14.0 Å². The maximum Gasteiger partial charge on any atom is 0.430 e. The summed E-state index contributed by atoms with van der Waals surface area (Å²) in [4.78, 5) is 50.1. The Labute approximate surface area is 163 Å². The van der Waals surface area contributed by atoms with Crippen LogP contribution in [0, 0.1) is 5.82 Å². The van der Waals surface area contributed by atoms with Gasteiger partial charge in [0.15, 0.2) is 11.6 Å². The summed E-state index contributed by atoms with van der Waals surface area (Å²) >= 11 is 0. The van der Waals surface area contributed by atoms with Crippen LogP contribution in [-0.4, -0.2) is 34.9 Å². The third-order valence-corrected chi connectivity index (χ3v) is 4.70. The Balaban J connectivity index is 1.73. The van der Waals surface area contributed by atoms with Crippen LogP contribution < -0.4 is 20.5 Å². The maximum absolute atomic E-state index is 13.9. The first-order chi connectivity index (χ1) is 13.8. The zero-order valence-electron chi connectivity index (χ0n) is 14.8. The van der Waals surface area contributed by atoms with E-state index in [4.69, 9.17) is 15.2 Å². The molecule has 2 aliphatic heterocycles. The van der Waals surface area contributed by atoms with Gasteiger partial charge in [-0.1, -0.05) is 18.2 Å². The molecule has 1 spiro atoms. The minimum atomic E-state index is -1.90. The number of benzene rings is 2. The van der Waals surface area contributed by atoms with E-state index in [1.165, 1.54) is 18.2 Å². The number of carbonyl (C=O) groups is 4. The summed E-state index contributed by atoms with van der Waals surface area (Å²) < 4.78 is 24.4. The van der Waals surface area contributed by atoms with E-state index in [0.717, 1.165) is 12.1 Å². The Bertz CT molecular complexity index is 1040. The average molecular weight is 399 g/mol. The predicted octanol–water partition coefficient (Wildman–Crippen LogP) is 1.41. The van der Waals surface area contributed by atoms with E-state index in [1.54, 1.807) is 18.2 Å². The zero-order valence-corrected chi connectivity index (χ0v) is 14.8. The molecule has 4 rings (SSSR count). The Hall–Kier alpha value is -3.95. The number of nitrogens with one attached hydrogen (secondary N) is 1. The molecule has 2 atom stereocenters. The molecular weight excluding hydrogens is 385 g/mol. The molecule has 0 bridgehead atoms. The van der Waals surface area contributed by atoms with Gasteiger partial charge >= 0.3 is 12.1 Å². The second kappa shape index (κ2) is 6.59. The second-order valence-corrected chi connectivity index (χ2v) is 6.51. The number of fused-ring (bicyclic) bond motifs is 2. The van der Waals surface area contributed by atoms with Gasteiger partial charge in [0.25, 0.3) is 11.8 Å². The zero-order chi connectivity index (χ0) is 20.8. The van der Waals surface area contributed by atoms with Crippen LogP contribution in [0.15, 0.2) is 48.5 Å². The van der Waals surface area contributed by atoms with Gasteiger partial charge in [0, 0.05) is 12.0 Å². The number of nitrogens with two attached hydrogens (primary N) is 1. The predicted molar refractivity (Wildman–Crippen MR) is 94.1 cm³/mol. The minimum absolute atomic E-state index is 0.00613. The van der Waals surface area contributed by atoms with E-state index in [-0.39, 0.29) is 22.0 Å². The van der Waals surface area contributed by atoms with Crippen LogP contribution >= 0.6 is 0 Å². The second-order valence-electron chi connectivity index (χ2n) is 6.51. The highest BCUT2D eigenvalue weighted by Gasteiger charge is 2.60. The van der Waals surface area contributed by atoms with Crippen molar-refractivity contribution in [3.05, 3.63) is 59.9 Å². The molecule has 0 aromatic heterocycles. The van der Waals surface area contributed by atoms with Gasteiger partial charge in [-0.05, 0) is 30.3 Å². The topological polar surface area (TPSA) is 128 Å². The number of hydrogen-bond donors (Lipinski definition) is 2. The van der Waals surface area contributed by atoms with E-state index in [1.807, 2.05) is 0 Å². The highest BCUT2D eigenvalue weighted by atomic mass is 19.1. The lowest BCUT2D eigenvalue weighted by molar-refractivity contribution is -0.134. The summed E-state index contributed by atoms with van der Waals surface area (Å²) in [6.07, 6.45) is -2.92. The van der Waals surface area contributed by atoms with Gasteiger partial charge in [-0.3, -0.25) is 9.59 Å². The quantitative estimate of drug-likeness (QED) is 0.735. The Morgan fingerprint density at radius 2 is 1.93 bits per heavy atom. The Kier molecular flexibility index (Phi) is 4.18. The third kappa shape index (κ3) is 2.94. The molecule has 148 valence electrons. The number of nitrogens with zero attached hydrogens (tertiary/aromatic N) is 1. The molecule has 0 radical (unpaired) electrons. The van der Waals surface area contributed by atoms with Gasteiger partial charge in [0.1, 0.15) is 17.3 Å². The number of ether oxygens (including phenoxy) is 2. The third-order valence-electron chi connectivity index (χ3n) is 4.70. The van der Waals surface area contributed by atoms with Crippen LogP contribution in [-0.2, 0) is 15.1 Å². The molecule has 1 fully saturated rings. The SMILES string of the molecule is NC(=O)[C@H]1CC2(NC(=O)N(C(=O)Oc3ccccc3)C2=O)c2cc(F)ccc2O1. The summed E-state index contributed by atoms with van der Waals surface area (Å²) in [5.74, 6) is -2.49. The molecule has 1 saturated heterocycles. The smallest absolute Gasteiger partial charge is 0.430 e. The van der Waals surface area contributed by atoms with E-state index < -0.39 is 47.8 Å². The Morgan fingerprint density at radius 1 is 1.21 bits per heavy atom. The summed E-state index contributed by atoms with van der Waals surface area (Å²) in [6.45, 7) is 0. The molecule has 2 aromatic rings. The summed E-state index contributed by atoms with van der Waals surface area (Å²) in [6, 6.07) is 10.0. The molecule has 10 heteroatoms. The number of primary amides is 1. The molecule has 5 amide bonds. The molecule has 3 N–H and O–H groups in total. The van der Waals surface area contributed by atoms with Crippen LogP contribution in [0.3, 0.4) is 0 Å². The van der Waals surface area contributed by atoms with E-state index in [0.29, 0.717) is 0 Å². The van der Waals surface area contributed by atoms with Crippen molar-refractivity contribution in [1.82, 2.24) is 10.2 Å². The molecule has 29 heavy (non-hydrogen) atoms. The number of carbonyl (C=O) groups excluding carboxylic acids is 4. The van der Waals surface area contributed by atoms with Crippen molar-refractivity contribution in [2.24, 2.45) is 5.73 Å². The van der Waals surface area contributed by atoms with Crippen molar-refractivity contribution in [2.75, 3.05) is 0 Å². The lowest BCUT2D eigenvalue weighted by atomic mass is 9.81. The first-order valence-corrected chi connectivity index (χ1v) is 8.51. The van der Waals surface area contributed by atoms with E-state index in [9.17, 15) is 23.6 Å². The Morgan fingerprint density at radius 3 is 2.62 bits per heavy atom. The summed E-state index contributed by atoms with van der Waals surface area (Å²) in [7, 11) is 0. The lowest BCUT2D eigenvalue weighted by Gasteiger charge is -2.36. The first kappa shape index (κ1) is 18.4. The van der Waals surface area contributed by atoms with Gasteiger partial charge in [-0.15, -0.1) is 0 Å². The number of imide groups is 3. The van der Waals surface area contributed by atoms with Crippen molar-refractivity contribution >= 4 is 23.9 Å². The van der Waals surface area contributed by atoms with Gasteiger partial charge < -0.3 is 20.5 Å². The van der Waals surface area contributed by atoms with Crippen molar-refractivity contribution in [3.63, 3.8) is 0 Å². The lowest BCUT2D eigenvalue weighted by Crippen LogP contribution is -2.53. The fraction of sp³-hybridized carbons (Fsp3) is 0.158. The number of amides is 5. The molecule has 2 heterocycles. The molecule has 0 saturated carbocycles.